The first-order valence-electron chi connectivity index (χ1n) is 14.2. The van der Waals surface area contributed by atoms with Crippen LogP contribution in [-0.2, 0) is 0 Å². The van der Waals surface area contributed by atoms with Crippen LogP contribution in [0.5, 0.6) is 0 Å². The number of furan rings is 1. The minimum absolute atomic E-state index is 0.859. The first kappa shape index (κ1) is 23.1. The van der Waals surface area contributed by atoms with Crippen molar-refractivity contribution in [3.05, 3.63) is 146 Å². The van der Waals surface area contributed by atoms with Gasteiger partial charge in [0.2, 0.25) is 0 Å². The smallest absolute Gasteiger partial charge is 0.137 e. The van der Waals surface area contributed by atoms with Gasteiger partial charge in [-0.2, -0.15) is 0 Å². The number of nitrogens with zero attached hydrogens (tertiary/aromatic N) is 2. The van der Waals surface area contributed by atoms with Gasteiger partial charge in [0.05, 0.1) is 22.2 Å². The number of pyridine rings is 1. The van der Waals surface area contributed by atoms with Gasteiger partial charge in [-0.25, -0.2) is 4.98 Å². The number of fused-ring (bicyclic) bond motifs is 7. The minimum Gasteiger partial charge on any atom is -0.456 e. The van der Waals surface area contributed by atoms with Gasteiger partial charge in [0, 0.05) is 44.2 Å². The maximum Gasteiger partial charge on any atom is 0.137 e. The van der Waals surface area contributed by atoms with Crippen molar-refractivity contribution in [3.8, 4) is 28.1 Å². The third kappa shape index (κ3) is 3.37. The van der Waals surface area contributed by atoms with Crippen molar-refractivity contribution in [2.45, 2.75) is 0 Å². The molecule has 0 saturated heterocycles. The normalized spacial score (nSPS) is 11.8. The summed E-state index contributed by atoms with van der Waals surface area (Å²) in [7, 11) is 0. The Morgan fingerprint density at radius 1 is 0.476 bits per heavy atom. The zero-order valence-corrected chi connectivity index (χ0v) is 22.7. The highest BCUT2D eigenvalue weighted by atomic mass is 16.3. The van der Waals surface area contributed by atoms with Gasteiger partial charge in [-0.15, -0.1) is 0 Å². The average molecular weight is 537 g/mol. The number of rotatable bonds is 3. The molecular weight excluding hydrogens is 512 g/mol. The van der Waals surface area contributed by atoms with Crippen molar-refractivity contribution >= 4 is 54.6 Å². The van der Waals surface area contributed by atoms with Crippen LogP contribution in [0.3, 0.4) is 0 Å². The van der Waals surface area contributed by atoms with E-state index in [9.17, 15) is 0 Å². The van der Waals surface area contributed by atoms with Gasteiger partial charge < -0.3 is 8.98 Å². The third-order valence-electron chi connectivity index (χ3n) is 8.40. The Hall–Kier alpha value is -5.67. The lowest BCUT2D eigenvalue weighted by atomic mass is 9.96. The van der Waals surface area contributed by atoms with Crippen molar-refractivity contribution in [3.63, 3.8) is 0 Å². The van der Waals surface area contributed by atoms with Crippen molar-refractivity contribution in [2.75, 3.05) is 0 Å². The van der Waals surface area contributed by atoms with Crippen LogP contribution in [0.4, 0.5) is 0 Å². The molecule has 0 N–H and O–H groups in total. The van der Waals surface area contributed by atoms with Gasteiger partial charge in [0.15, 0.2) is 0 Å². The van der Waals surface area contributed by atoms with E-state index >= 15 is 0 Å². The predicted octanol–water partition coefficient (Wildman–Crippen LogP) is 10.6. The molecule has 196 valence electrons. The van der Waals surface area contributed by atoms with E-state index in [4.69, 9.17) is 9.40 Å². The van der Waals surface area contributed by atoms with Crippen LogP contribution in [-0.4, -0.2) is 9.55 Å². The summed E-state index contributed by atoms with van der Waals surface area (Å²) >= 11 is 0. The Kier molecular flexibility index (Phi) is 4.90. The van der Waals surface area contributed by atoms with Gasteiger partial charge in [0.25, 0.3) is 0 Å². The number of para-hydroxylation sites is 3. The molecular formula is C39H24N2O. The maximum absolute atomic E-state index is 6.54. The Balaban J connectivity index is 1.28. The topological polar surface area (TPSA) is 31.0 Å². The summed E-state index contributed by atoms with van der Waals surface area (Å²) in [6.45, 7) is 0. The molecule has 0 fully saturated rings. The van der Waals surface area contributed by atoms with Crippen molar-refractivity contribution in [1.82, 2.24) is 9.55 Å². The van der Waals surface area contributed by atoms with E-state index in [-0.39, 0.29) is 0 Å². The summed E-state index contributed by atoms with van der Waals surface area (Å²) in [6, 6.07) is 51.2. The summed E-state index contributed by atoms with van der Waals surface area (Å²) in [5.74, 6) is 0. The maximum atomic E-state index is 6.54. The van der Waals surface area contributed by atoms with Crippen LogP contribution in [0.2, 0.25) is 0 Å². The molecule has 0 aliphatic carbocycles. The first-order chi connectivity index (χ1) is 20.8. The molecule has 0 amide bonds. The molecule has 42 heavy (non-hydrogen) atoms. The van der Waals surface area contributed by atoms with Gasteiger partial charge in [-0.1, -0.05) is 97.1 Å². The summed E-state index contributed by atoms with van der Waals surface area (Å²) in [4.78, 5) is 5.15. The Morgan fingerprint density at radius 2 is 1.17 bits per heavy atom. The van der Waals surface area contributed by atoms with E-state index in [1.165, 1.54) is 32.9 Å². The number of hydrogen-bond acceptors (Lipinski definition) is 2. The van der Waals surface area contributed by atoms with E-state index in [2.05, 4.69) is 150 Å². The molecule has 0 spiro atoms. The molecule has 0 saturated carbocycles. The predicted molar refractivity (Wildman–Crippen MR) is 174 cm³/mol. The summed E-state index contributed by atoms with van der Waals surface area (Å²) in [6.07, 6.45) is 0. The molecule has 0 atom stereocenters. The van der Waals surface area contributed by atoms with E-state index in [1.54, 1.807) is 0 Å². The Bertz CT molecular complexity index is 2410. The lowest BCUT2D eigenvalue weighted by molar-refractivity contribution is 0.668. The molecule has 3 heterocycles. The molecule has 3 nitrogen and oxygen atoms in total. The van der Waals surface area contributed by atoms with E-state index < -0.39 is 0 Å². The minimum atomic E-state index is 0.859. The summed E-state index contributed by atoms with van der Waals surface area (Å²) in [5, 5.41) is 5.81. The lowest BCUT2D eigenvalue weighted by Crippen LogP contribution is -1.93. The van der Waals surface area contributed by atoms with Crippen LogP contribution in [0.1, 0.15) is 0 Å². The largest absolute Gasteiger partial charge is 0.456 e. The zero-order chi connectivity index (χ0) is 27.6. The van der Waals surface area contributed by atoms with Gasteiger partial charge in [0.1, 0.15) is 11.2 Å². The van der Waals surface area contributed by atoms with E-state index in [0.29, 0.717) is 0 Å². The molecule has 0 radical (unpaired) electrons. The van der Waals surface area contributed by atoms with Crippen LogP contribution < -0.4 is 0 Å². The quantitative estimate of drug-likeness (QED) is 0.225. The number of hydrogen-bond donors (Lipinski definition) is 0. The molecule has 0 unspecified atom stereocenters. The van der Waals surface area contributed by atoms with Gasteiger partial charge in [-0.05, 0) is 53.6 Å². The molecule has 3 aromatic heterocycles. The zero-order valence-electron chi connectivity index (χ0n) is 22.7. The van der Waals surface area contributed by atoms with Crippen LogP contribution in [0.15, 0.2) is 150 Å². The SMILES string of the molecule is c1ccc(-c2cc(-c3cccc4oc5cc(-n6c7ccccc7c7ccccc76)ccc5c34)nc3ccccc23)cc1. The number of benzene rings is 6. The molecule has 0 aliphatic heterocycles. The van der Waals surface area contributed by atoms with E-state index in [0.717, 1.165) is 49.8 Å². The second kappa shape index (κ2) is 8.92. The molecule has 9 aromatic rings. The highest BCUT2D eigenvalue weighted by Crippen LogP contribution is 2.40. The van der Waals surface area contributed by atoms with Crippen LogP contribution in [0.25, 0.3) is 82.7 Å². The van der Waals surface area contributed by atoms with Crippen LogP contribution >= 0.6 is 0 Å². The fourth-order valence-electron chi connectivity index (χ4n) is 6.54. The van der Waals surface area contributed by atoms with Crippen molar-refractivity contribution in [1.29, 1.82) is 0 Å². The second-order valence-corrected chi connectivity index (χ2v) is 10.8. The highest BCUT2D eigenvalue weighted by molar-refractivity contribution is 6.14. The standard InChI is InChI=1S/C39H24N2O/c1-2-11-25(12-3-1)32-24-34(40-33-17-7-4-13-27(32)33)30-16-10-20-37-39(30)31-22-21-26(23-38(31)42-37)41-35-18-8-5-14-28(35)29-15-6-9-19-36(29)41/h1-24H. The fourth-order valence-corrected chi connectivity index (χ4v) is 6.54. The Labute approximate surface area is 241 Å². The monoisotopic (exact) mass is 536 g/mol. The molecule has 0 bridgehead atoms. The van der Waals surface area contributed by atoms with Crippen molar-refractivity contribution < 1.29 is 4.42 Å². The molecule has 9 rings (SSSR count). The first-order valence-corrected chi connectivity index (χ1v) is 14.2. The van der Waals surface area contributed by atoms with E-state index in [1.807, 2.05) is 0 Å². The van der Waals surface area contributed by atoms with Gasteiger partial charge >= 0.3 is 0 Å². The lowest BCUT2D eigenvalue weighted by Gasteiger charge is -2.11. The second-order valence-electron chi connectivity index (χ2n) is 10.8. The summed E-state index contributed by atoms with van der Waals surface area (Å²) < 4.78 is 8.87. The molecule has 0 aliphatic rings. The van der Waals surface area contributed by atoms with Crippen molar-refractivity contribution in [2.24, 2.45) is 0 Å². The fraction of sp³-hybridized carbons (Fsp3) is 0. The van der Waals surface area contributed by atoms with Gasteiger partial charge in [-0.3, -0.25) is 0 Å². The summed E-state index contributed by atoms with van der Waals surface area (Å²) in [5.41, 5.74) is 10.5. The highest BCUT2D eigenvalue weighted by Gasteiger charge is 2.18. The molecule has 6 aromatic carbocycles. The average Bonchev–Trinajstić information content (AvgIpc) is 3.60. The van der Waals surface area contributed by atoms with Crippen LogP contribution in [0, 0.1) is 0 Å². The Morgan fingerprint density at radius 3 is 1.95 bits per heavy atom. The molecule has 3 heteroatoms. The number of aromatic nitrogens is 2. The third-order valence-corrected chi connectivity index (χ3v) is 8.40.